The van der Waals surface area contributed by atoms with E-state index in [1.165, 1.54) is 38.9 Å². The van der Waals surface area contributed by atoms with Gasteiger partial charge in [0.2, 0.25) is 0 Å². The van der Waals surface area contributed by atoms with Crippen LogP contribution < -0.4 is 5.32 Å². The highest BCUT2D eigenvalue weighted by molar-refractivity contribution is 9.10. The van der Waals surface area contributed by atoms with Crippen LogP contribution in [-0.4, -0.2) is 6.04 Å². The van der Waals surface area contributed by atoms with Crippen molar-refractivity contribution < 1.29 is 0 Å². The number of aryl methyl sites for hydroxylation is 1. The molecule has 0 unspecified atom stereocenters. The molecule has 1 aliphatic rings. The molecule has 1 nitrogen and oxygen atoms in total. The number of halogens is 1. The van der Waals surface area contributed by atoms with Gasteiger partial charge in [-0.05, 0) is 69.9 Å². The number of thiophene rings is 1. The Bertz CT molecular complexity index is 557. The van der Waals surface area contributed by atoms with Crippen molar-refractivity contribution in [2.75, 3.05) is 0 Å². The lowest BCUT2D eigenvalue weighted by atomic mass is 10.0. The highest BCUT2D eigenvalue weighted by Gasteiger charge is 2.20. The summed E-state index contributed by atoms with van der Waals surface area (Å²) in [6.45, 7) is 3.17. The van der Waals surface area contributed by atoms with Crippen molar-refractivity contribution in [1.82, 2.24) is 5.32 Å². The van der Waals surface area contributed by atoms with Gasteiger partial charge in [0.25, 0.3) is 0 Å². The molecule has 18 heavy (non-hydrogen) atoms. The van der Waals surface area contributed by atoms with Crippen LogP contribution in [0.2, 0.25) is 0 Å². The third kappa shape index (κ3) is 2.68. The molecule has 1 N–H and O–H groups in total. The van der Waals surface area contributed by atoms with Gasteiger partial charge in [-0.2, -0.15) is 0 Å². The molecule has 1 saturated carbocycles. The lowest BCUT2D eigenvalue weighted by Crippen LogP contribution is -2.15. The summed E-state index contributed by atoms with van der Waals surface area (Å²) in [6, 6.07) is 9.67. The van der Waals surface area contributed by atoms with Crippen molar-refractivity contribution in [3.8, 4) is 10.4 Å². The van der Waals surface area contributed by atoms with E-state index in [2.05, 4.69) is 57.8 Å². The van der Waals surface area contributed by atoms with Crippen LogP contribution in [0.25, 0.3) is 10.4 Å². The summed E-state index contributed by atoms with van der Waals surface area (Å²) in [7, 11) is 0. The van der Waals surface area contributed by atoms with Crippen molar-refractivity contribution in [2.24, 2.45) is 0 Å². The smallest absolute Gasteiger partial charge is 0.0487 e. The molecule has 1 fully saturated rings. The molecule has 0 aliphatic heterocycles. The number of rotatable bonds is 4. The number of hydrogen-bond acceptors (Lipinski definition) is 2. The fraction of sp³-hybridized carbons (Fsp3) is 0.333. The Morgan fingerprint density at radius 1 is 1.33 bits per heavy atom. The first-order chi connectivity index (χ1) is 8.74. The maximum atomic E-state index is 3.63. The van der Waals surface area contributed by atoms with Gasteiger partial charge < -0.3 is 5.32 Å². The molecule has 94 valence electrons. The van der Waals surface area contributed by atoms with Gasteiger partial charge in [0.1, 0.15) is 0 Å². The van der Waals surface area contributed by atoms with E-state index >= 15 is 0 Å². The number of nitrogens with one attached hydrogen (secondary N) is 1. The Morgan fingerprint density at radius 3 is 2.83 bits per heavy atom. The molecule has 0 saturated heterocycles. The van der Waals surface area contributed by atoms with E-state index in [0.717, 1.165) is 12.6 Å². The monoisotopic (exact) mass is 321 g/mol. The van der Waals surface area contributed by atoms with Crippen molar-refractivity contribution >= 4 is 27.3 Å². The van der Waals surface area contributed by atoms with Crippen molar-refractivity contribution in [2.45, 2.75) is 32.4 Å². The van der Waals surface area contributed by atoms with Gasteiger partial charge in [-0.1, -0.05) is 12.1 Å². The zero-order valence-corrected chi connectivity index (χ0v) is 12.8. The summed E-state index contributed by atoms with van der Waals surface area (Å²) >= 11 is 5.42. The average Bonchev–Trinajstić information content (AvgIpc) is 3.10. The van der Waals surface area contributed by atoms with Crippen LogP contribution >= 0.6 is 27.3 Å². The van der Waals surface area contributed by atoms with Crippen LogP contribution in [0.15, 0.2) is 34.1 Å². The Hall–Kier alpha value is -0.640. The molecule has 0 radical (unpaired) electrons. The minimum atomic E-state index is 0.767. The standard InChI is InChI=1S/C15H16BrNS/c1-10-2-3-11(9-17-12-4-5-12)8-13(10)15-14(16)6-7-18-15/h2-3,6-8,12,17H,4-5,9H2,1H3. The fourth-order valence-electron chi connectivity index (χ4n) is 2.06. The summed E-state index contributed by atoms with van der Waals surface area (Å²) in [5, 5.41) is 5.70. The van der Waals surface area contributed by atoms with E-state index in [4.69, 9.17) is 0 Å². The lowest BCUT2D eigenvalue weighted by molar-refractivity contribution is 0.688. The Labute approximate surface area is 120 Å². The number of hydrogen-bond donors (Lipinski definition) is 1. The maximum absolute atomic E-state index is 3.63. The van der Waals surface area contributed by atoms with Gasteiger partial charge in [-0.25, -0.2) is 0 Å². The number of benzene rings is 1. The van der Waals surface area contributed by atoms with E-state index in [1.807, 2.05) is 0 Å². The van der Waals surface area contributed by atoms with E-state index in [9.17, 15) is 0 Å². The zero-order valence-electron chi connectivity index (χ0n) is 10.4. The second-order valence-corrected chi connectivity index (χ2v) is 6.67. The molecule has 0 amide bonds. The summed E-state index contributed by atoms with van der Waals surface area (Å²) in [6.07, 6.45) is 2.68. The van der Waals surface area contributed by atoms with Crippen molar-refractivity contribution in [1.29, 1.82) is 0 Å². The summed E-state index contributed by atoms with van der Waals surface area (Å²) < 4.78 is 1.20. The topological polar surface area (TPSA) is 12.0 Å². The minimum absolute atomic E-state index is 0.767. The van der Waals surface area contributed by atoms with Crippen LogP contribution in [0.3, 0.4) is 0 Å². The molecule has 1 aromatic carbocycles. The maximum Gasteiger partial charge on any atom is 0.0487 e. The predicted octanol–water partition coefficient (Wildman–Crippen LogP) is 4.74. The van der Waals surface area contributed by atoms with Gasteiger partial charge in [0.15, 0.2) is 0 Å². The third-order valence-electron chi connectivity index (χ3n) is 3.34. The Balaban J connectivity index is 1.87. The summed E-state index contributed by atoms with van der Waals surface area (Å²) in [4.78, 5) is 1.33. The quantitative estimate of drug-likeness (QED) is 0.857. The minimum Gasteiger partial charge on any atom is -0.310 e. The lowest BCUT2D eigenvalue weighted by Gasteiger charge is -2.09. The zero-order chi connectivity index (χ0) is 12.5. The molecule has 1 heterocycles. The Kier molecular flexibility index (Phi) is 3.55. The van der Waals surface area contributed by atoms with Crippen LogP contribution in [-0.2, 0) is 6.54 Å². The van der Waals surface area contributed by atoms with E-state index in [-0.39, 0.29) is 0 Å². The van der Waals surface area contributed by atoms with Gasteiger partial charge in [0, 0.05) is 21.9 Å². The van der Waals surface area contributed by atoms with E-state index < -0.39 is 0 Å². The molecule has 1 aliphatic carbocycles. The molecule has 3 heteroatoms. The molecule has 0 bridgehead atoms. The molecule has 0 spiro atoms. The average molecular weight is 322 g/mol. The first-order valence-corrected chi connectivity index (χ1v) is 7.97. The molecule has 1 aromatic heterocycles. The van der Waals surface area contributed by atoms with Crippen LogP contribution in [0.5, 0.6) is 0 Å². The van der Waals surface area contributed by atoms with Crippen molar-refractivity contribution in [3.05, 3.63) is 45.2 Å². The first-order valence-electron chi connectivity index (χ1n) is 6.30. The van der Waals surface area contributed by atoms with Crippen molar-refractivity contribution in [3.63, 3.8) is 0 Å². The van der Waals surface area contributed by atoms with E-state index in [0.29, 0.717) is 0 Å². The summed E-state index contributed by atoms with van der Waals surface area (Å²) in [5.41, 5.74) is 4.07. The molecule has 2 aromatic rings. The molecular formula is C15H16BrNS. The first kappa shape index (κ1) is 12.4. The Morgan fingerprint density at radius 2 is 2.17 bits per heavy atom. The predicted molar refractivity (Wildman–Crippen MR) is 82.1 cm³/mol. The third-order valence-corrected chi connectivity index (χ3v) is 5.21. The van der Waals surface area contributed by atoms with Crippen LogP contribution in [0.4, 0.5) is 0 Å². The van der Waals surface area contributed by atoms with Gasteiger partial charge >= 0.3 is 0 Å². The highest BCUT2D eigenvalue weighted by Crippen LogP contribution is 2.35. The summed E-state index contributed by atoms with van der Waals surface area (Å²) in [5.74, 6) is 0. The second kappa shape index (κ2) is 5.16. The van der Waals surface area contributed by atoms with Gasteiger partial charge in [-0.15, -0.1) is 11.3 Å². The highest BCUT2D eigenvalue weighted by atomic mass is 79.9. The molecule has 0 atom stereocenters. The molecule has 3 rings (SSSR count). The van der Waals surface area contributed by atoms with Crippen LogP contribution in [0, 0.1) is 6.92 Å². The van der Waals surface area contributed by atoms with Gasteiger partial charge in [0.05, 0.1) is 0 Å². The normalized spacial score (nSPS) is 15.0. The fourth-order valence-corrected chi connectivity index (χ4v) is 3.73. The SMILES string of the molecule is Cc1ccc(CNC2CC2)cc1-c1sccc1Br. The largest absolute Gasteiger partial charge is 0.310 e. The van der Waals surface area contributed by atoms with Gasteiger partial charge in [-0.3, -0.25) is 0 Å². The molecular weight excluding hydrogens is 306 g/mol. The second-order valence-electron chi connectivity index (χ2n) is 4.90. The van der Waals surface area contributed by atoms with E-state index in [1.54, 1.807) is 11.3 Å². The van der Waals surface area contributed by atoms with Crippen LogP contribution in [0.1, 0.15) is 24.0 Å².